The number of likely N-dealkylation sites (tertiary alicyclic amines) is 1. The highest BCUT2D eigenvalue weighted by Gasteiger charge is 2.32. The highest BCUT2D eigenvalue weighted by molar-refractivity contribution is 5.75. The summed E-state index contributed by atoms with van der Waals surface area (Å²) in [6, 6.07) is 2.31. The van der Waals surface area contributed by atoms with E-state index >= 15 is 0 Å². The molecule has 1 saturated heterocycles. The van der Waals surface area contributed by atoms with Gasteiger partial charge in [0.05, 0.1) is 11.7 Å². The smallest absolute Gasteiger partial charge is 0.317 e. The van der Waals surface area contributed by atoms with E-state index in [1.165, 1.54) is 0 Å². The molecule has 1 aliphatic heterocycles. The zero-order chi connectivity index (χ0) is 16.8. The fourth-order valence-electron chi connectivity index (χ4n) is 4.20. The van der Waals surface area contributed by atoms with Gasteiger partial charge in [-0.05, 0) is 38.2 Å². The number of hydrogen-bond donors (Lipinski definition) is 2. The van der Waals surface area contributed by atoms with Gasteiger partial charge in [0, 0.05) is 31.2 Å². The maximum atomic E-state index is 12.3. The summed E-state index contributed by atoms with van der Waals surface area (Å²) < 4.78 is 2.09. The molecule has 4 heterocycles. The van der Waals surface area contributed by atoms with Crippen LogP contribution in [0.15, 0.2) is 18.5 Å². The Kier molecular flexibility index (Phi) is 3.36. The molecule has 2 amide bonds. The number of aromatic amines is 1. The van der Waals surface area contributed by atoms with E-state index in [1.54, 1.807) is 6.20 Å². The van der Waals surface area contributed by atoms with Crippen molar-refractivity contribution in [3.63, 3.8) is 0 Å². The number of carbonyl (C=O) groups is 1. The SMILES string of the molecule is O=C(N[C@@H]1CC[C@H](c2nnc3cnc4[nH]ccc4n23)C1)N1CCCC1. The van der Waals surface area contributed by atoms with Gasteiger partial charge in [0.2, 0.25) is 0 Å². The van der Waals surface area contributed by atoms with Crippen molar-refractivity contribution in [2.75, 3.05) is 13.1 Å². The number of urea groups is 1. The van der Waals surface area contributed by atoms with Gasteiger partial charge in [-0.2, -0.15) is 0 Å². The number of nitrogens with one attached hydrogen (secondary N) is 2. The van der Waals surface area contributed by atoms with E-state index in [-0.39, 0.29) is 12.1 Å². The highest BCUT2D eigenvalue weighted by atomic mass is 16.2. The molecule has 0 aromatic carbocycles. The predicted octanol–water partition coefficient (Wildman–Crippen LogP) is 2.05. The van der Waals surface area contributed by atoms with Gasteiger partial charge in [-0.15, -0.1) is 10.2 Å². The molecule has 0 unspecified atom stereocenters. The summed E-state index contributed by atoms with van der Waals surface area (Å²) in [6.45, 7) is 1.77. The molecule has 130 valence electrons. The third-order valence-electron chi connectivity index (χ3n) is 5.49. The van der Waals surface area contributed by atoms with E-state index in [1.807, 2.05) is 17.2 Å². The van der Waals surface area contributed by atoms with Crippen LogP contribution in [-0.4, -0.2) is 54.6 Å². The number of fused-ring (bicyclic) bond motifs is 3. The summed E-state index contributed by atoms with van der Waals surface area (Å²) >= 11 is 0. The summed E-state index contributed by atoms with van der Waals surface area (Å²) in [7, 11) is 0. The lowest BCUT2D eigenvalue weighted by atomic mass is 10.1. The van der Waals surface area contributed by atoms with Gasteiger partial charge in [0.15, 0.2) is 11.3 Å². The number of carbonyl (C=O) groups excluding carboxylic acids is 1. The Morgan fingerprint density at radius 1 is 1.24 bits per heavy atom. The molecule has 1 aliphatic carbocycles. The van der Waals surface area contributed by atoms with Crippen LogP contribution in [0.4, 0.5) is 4.79 Å². The van der Waals surface area contributed by atoms with Crippen LogP contribution in [0.5, 0.6) is 0 Å². The Morgan fingerprint density at radius 3 is 3.00 bits per heavy atom. The van der Waals surface area contributed by atoms with Gasteiger partial charge in [0.1, 0.15) is 5.82 Å². The third-order valence-corrected chi connectivity index (χ3v) is 5.49. The lowest BCUT2D eigenvalue weighted by molar-refractivity contribution is 0.204. The molecule has 3 aromatic heterocycles. The molecule has 2 atom stereocenters. The Hall–Kier alpha value is -2.64. The van der Waals surface area contributed by atoms with Crippen molar-refractivity contribution >= 4 is 22.8 Å². The lowest BCUT2D eigenvalue weighted by Gasteiger charge is -2.20. The van der Waals surface area contributed by atoms with Crippen molar-refractivity contribution in [3.05, 3.63) is 24.3 Å². The van der Waals surface area contributed by atoms with Crippen LogP contribution in [0, 0.1) is 0 Å². The van der Waals surface area contributed by atoms with Crippen molar-refractivity contribution in [2.24, 2.45) is 0 Å². The van der Waals surface area contributed by atoms with Crippen molar-refractivity contribution in [2.45, 2.75) is 44.1 Å². The molecular formula is C17H21N7O. The molecule has 0 bridgehead atoms. The Labute approximate surface area is 144 Å². The average Bonchev–Trinajstić information content (AvgIpc) is 3.37. The number of aromatic nitrogens is 5. The van der Waals surface area contributed by atoms with E-state index in [2.05, 4.69) is 29.9 Å². The summed E-state index contributed by atoms with van der Waals surface area (Å²) in [4.78, 5) is 21.7. The normalized spacial score (nSPS) is 23.8. The third kappa shape index (κ3) is 2.43. The minimum atomic E-state index is 0.0893. The fraction of sp³-hybridized carbons (Fsp3) is 0.529. The van der Waals surface area contributed by atoms with Crippen molar-refractivity contribution in [3.8, 4) is 0 Å². The molecule has 0 spiro atoms. The van der Waals surface area contributed by atoms with Crippen molar-refractivity contribution in [1.29, 1.82) is 0 Å². The molecule has 0 radical (unpaired) electrons. The van der Waals surface area contributed by atoms with Crippen LogP contribution in [0.2, 0.25) is 0 Å². The summed E-state index contributed by atoms with van der Waals surface area (Å²) in [5.41, 5.74) is 2.61. The van der Waals surface area contributed by atoms with Crippen LogP contribution in [0.3, 0.4) is 0 Å². The van der Waals surface area contributed by atoms with Crippen LogP contribution in [-0.2, 0) is 0 Å². The number of amides is 2. The molecule has 1 saturated carbocycles. The fourth-order valence-corrected chi connectivity index (χ4v) is 4.20. The van der Waals surface area contributed by atoms with E-state index in [4.69, 9.17) is 0 Å². The maximum Gasteiger partial charge on any atom is 0.317 e. The summed E-state index contributed by atoms with van der Waals surface area (Å²) in [6.07, 6.45) is 8.78. The minimum Gasteiger partial charge on any atom is -0.345 e. The van der Waals surface area contributed by atoms with Gasteiger partial charge in [-0.25, -0.2) is 9.78 Å². The first kappa shape index (κ1) is 14.7. The van der Waals surface area contributed by atoms with E-state index in [0.717, 1.165) is 67.8 Å². The second-order valence-electron chi connectivity index (χ2n) is 7.07. The maximum absolute atomic E-state index is 12.3. The van der Waals surface area contributed by atoms with E-state index in [9.17, 15) is 4.79 Å². The molecule has 8 heteroatoms. The molecule has 2 fully saturated rings. The second kappa shape index (κ2) is 5.72. The number of hydrogen-bond acceptors (Lipinski definition) is 4. The number of rotatable bonds is 2. The predicted molar refractivity (Wildman–Crippen MR) is 92.4 cm³/mol. The summed E-state index contributed by atoms with van der Waals surface area (Å²) in [5.74, 6) is 1.28. The molecule has 25 heavy (non-hydrogen) atoms. The van der Waals surface area contributed by atoms with Crippen molar-refractivity contribution in [1.82, 2.24) is 34.8 Å². The van der Waals surface area contributed by atoms with Gasteiger partial charge in [-0.3, -0.25) is 4.40 Å². The van der Waals surface area contributed by atoms with Crippen LogP contribution in [0.25, 0.3) is 16.8 Å². The van der Waals surface area contributed by atoms with Crippen molar-refractivity contribution < 1.29 is 4.79 Å². The average molecular weight is 339 g/mol. The van der Waals surface area contributed by atoms with E-state index in [0.29, 0.717) is 5.92 Å². The van der Waals surface area contributed by atoms with Gasteiger partial charge >= 0.3 is 6.03 Å². The Bertz CT molecular complexity index is 924. The highest BCUT2D eigenvalue weighted by Crippen LogP contribution is 2.34. The minimum absolute atomic E-state index is 0.0893. The molecule has 8 nitrogen and oxygen atoms in total. The topological polar surface area (TPSA) is 91.2 Å². The molecule has 3 aromatic rings. The quantitative estimate of drug-likeness (QED) is 0.747. The Balaban J connectivity index is 1.37. The zero-order valence-electron chi connectivity index (χ0n) is 14.0. The Morgan fingerprint density at radius 2 is 2.12 bits per heavy atom. The van der Waals surface area contributed by atoms with Crippen LogP contribution >= 0.6 is 0 Å². The zero-order valence-corrected chi connectivity index (χ0v) is 14.0. The van der Waals surface area contributed by atoms with Gasteiger partial charge < -0.3 is 15.2 Å². The lowest BCUT2D eigenvalue weighted by Crippen LogP contribution is -2.42. The van der Waals surface area contributed by atoms with Crippen LogP contribution in [0.1, 0.15) is 43.8 Å². The first-order valence-electron chi connectivity index (χ1n) is 9.02. The summed E-state index contributed by atoms with van der Waals surface area (Å²) in [5, 5.41) is 11.9. The molecule has 2 N–H and O–H groups in total. The van der Waals surface area contributed by atoms with Gasteiger partial charge in [0.25, 0.3) is 0 Å². The standard InChI is InChI=1S/C17H21N7O/c25-17(23-7-1-2-8-23)20-12-4-3-11(9-12)16-22-21-14-10-19-15-13(24(14)16)5-6-18-15/h5-6,10-12,18H,1-4,7-9H2,(H,20,25)/t11-,12+/m0/s1. The molecule has 5 rings (SSSR count). The monoisotopic (exact) mass is 339 g/mol. The first-order valence-corrected chi connectivity index (χ1v) is 9.02. The first-order chi connectivity index (χ1) is 12.3. The molecule has 2 aliphatic rings. The largest absolute Gasteiger partial charge is 0.345 e. The van der Waals surface area contributed by atoms with Gasteiger partial charge in [-0.1, -0.05) is 0 Å². The van der Waals surface area contributed by atoms with E-state index < -0.39 is 0 Å². The van der Waals surface area contributed by atoms with Crippen LogP contribution < -0.4 is 5.32 Å². The molecular weight excluding hydrogens is 318 g/mol. The second-order valence-corrected chi connectivity index (χ2v) is 7.07. The number of nitrogens with zero attached hydrogens (tertiary/aromatic N) is 5. The number of H-pyrrole nitrogens is 1.